The molecule has 6 heteroatoms. The lowest BCUT2D eigenvalue weighted by atomic mass is 10.1. The number of carbonyl (C=O) groups excluding carboxylic acids is 1. The Balaban J connectivity index is 2.10. The molecule has 0 fully saturated rings. The molecule has 0 N–H and O–H groups in total. The number of hydrogen-bond donors (Lipinski definition) is 0. The third kappa shape index (κ3) is 4.21. The Morgan fingerprint density at radius 2 is 1.93 bits per heavy atom. The molecule has 1 aromatic heterocycles. The van der Waals surface area contributed by atoms with Crippen LogP contribution in [0.25, 0.3) is 10.9 Å². The molecule has 29 heavy (non-hydrogen) atoms. The lowest BCUT2D eigenvalue weighted by Crippen LogP contribution is -2.39. The number of carbonyl (C=O) groups is 1. The van der Waals surface area contributed by atoms with Crippen LogP contribution in [-0.2, 0) is 7.05 Å². The maximum atomic E-state index is 13.7. The summed E-state index contributed by atoms with van der Waals surface area (Å²) in [6.07, 6.45) is 2.30. The highest BCUT2D eigenvalue weighted by Crippen LogP contribution is 2.26. The van der Waals surface area contributed by atoms with E-state index in [4.69, 9.17) is 4.98 Å². The van der Waals surface area contributed by atoms with Crippen LogP contribution in [0.3, 0.4) is 0 Å². The summed E-state index contributed by atoms with van der Waals surface area (Å²) >= 11 is 0. The highest BCUT2D eigenvalue weighted by molar-refractivity contribution is 5.94. The van der Waals surface area contributed by atoms with Crippen molar-refractivity contribution in [3.8, 4) is 0 Å². The zero-order valence-corrected chi connectivity index (χ0v) is 17.1. The minimum Gasteiger partial charge on any atom is -0.328 e. The Morgan fingerprint density at radius 1 is 1.17 bits per heavy atom. The summed E-state index contributed by atoms with van der Waals surface area (Å²) in [5, 5.41) is 0.546. The number of rotatable bonds is 7. The monoisotopic (exact) mass is 395 g/mol. The average Bonchev–Trinajstić information content (AvgIpc) is 2.73. The molecule has 0 saturated heterocycles. The Kier molecular flexibility index (Phi) is 6.42. The number of nitrogens with zero attached hydrogens (tertiary/aromatic N) is 3. The molecule has 2 aromatic carbocycles. The molecule has 0 aliphatic heterocycles. The van der Waals surface area contributed by atoms with Gasteiger partial charge in [-0.3, -0.25) is 14.2 Å². The van der Waals surface area contributed by atoms with Gasteiger partial charge in [0.05, 0.1) is 16.9 Å². The second-order valence-electron chi connectivity index (χ2n) is 7.14. The van der Waals surface area contributed by atoms with Gasteiger partial charge in [0.2, 0.25) is 0 Å². The lowest BCUT2D eigenvalue weighted by molar-refractivity contribution is 0.0654. The molecule has 0 bridgehead atoms. The van der Waals surface area contributed by atoms with Crippen LogP contribution < -0.4 is 5.56 Å². The average molecular weight is 395 g/mol. The molecule has 3 rings (SSSR count). The quantitative estimate of drug-likeness (QED) is 0.593. The van der Waals surface area contributed by atoms with Crippen LogP contribution in [0.15, 0.2) is 53.3 Å². The third-order valence-electron chi connectivity index (χ3n) is 5.16. The molecule has 152 valence electrons. The number of unbranched alkanes of at least 4 members (excludes halogenated alkanes) is 1. The Morgan fingerprint density at radius 3 is 2.62 bits per heavy atom. The van der Waals surface area contributed by atoms with Gasteiger partial charge in [0.1, 0.15) is 11.6 Å². The summed E-state index contributed by atoms with van der Waals surface area (Å²) in [4.78, 5) is 32.6. The summed E-state index contributed by atoms with van der Waals surface area (Å²) in [5.41, 5.74) is 0.765. The van der Waals surface area contributed by atoms with Gasteiger partial charge in [0.25, 0.3) is 11.5 Å². The van der Waals surface area contributed by atoms with Gasteiger partial charge in [0.15, 0.2) is 0 Å². The fourth-order valence-electron chi connectivity index (χ4n) is 3.59. The smallest absolute Gasteiger partial charge is 0.261 e. The highest BCUT2D eigenvalue weighted by Gasteiger charge is 2.28. The van der Waals surface area contributed by atoms with Crippen molar-refractivity contribution in [3.05, 3.63) is 76.1 Å². The van der Waals surface area contributed by atoms with Crippen LogP contribution in [0.4, 0.5) is 4.39 Å². The fraction of sp³-hybridized carbons (Fsp3) is 0.348. The molecule has 3 aromatic rings. The van der Waals surface area contributed by atoms with Crippen molar-refractivity contribution in [2.24, 2.45) is 7.05 Å². The van der Waals surface area contributed by atoms with Crippen LogP contribution in [0.1, 0.15) is 55.3 Å². The van der Waals surface area contributed by atoms with Crippen LogP contribution in [0.5, 0.6) is 0 Å². The van der Waals surface area contributed by atoms with Crippen molar-refractivity contribution in [3.63, 3.8) is 0 Å². The predicted molar refractivity (Wildman–Crippen MR) is 112 cm³/mol. The largest absolute Gasteiger partial charge is 0.328 e. The van der Waals surface area contributed by atoms with Crippen molar-refractivity contribution in [2.45, 2.75) is 39.2 Å². The Bertz CT molecular complexity index is 1080. The second kappa shape index (κ2) is 8.99. The molecule has 0 spiro atoms. The van der Waals surface area contributed by atoms with Gasteiger partial charge < -0.3 is 4.90 Å². The maximum absolute atomic E-state index is 13.7. The van der Waals surface area contributed by atoms with Crippen molar-refractivity contribution < 1.29 is 9.18 Å². The number of aromatic nitrogens is 2. The van der Waals surface area contributed by atoms with Crippen molar-refractivity contribution >= 4 is 16.8 Å². The number of benzene rings is 2. The van der Waals surface area contributed by atoms with Crippen LogP contribution in [-0.4, -0.2) is 26.9 Å². The Hall–Kier alpha value is -3.02. The van der Waals surface area contributed by atoms with E-state index in [-0.39, 0.29) is 17.5 Å². The molecule has 1 atom stereocenters. The van der Waals surface area contributed by atoms with Gasteiger partial charge >= 0.3 is 0 Å². The van der Waals surface area contributed by atoms with Gasteiger partial charge in [-0.2, -0.15) is 0 Å². The van der Waals surface area contributed by atoms with Gasteiger partial charge in [-0.1, -0.05) is 38.5 Å². The van der Waals surface area contributed by atoms with Crippen molar-refractivity contribution in [2.75, 3.05) is 6.54 Å². The summed E-state index contributed by atoms with van der Waals surface area (Å²) in [6, 6.07) is 12.5. The van der Waals surface area contributed by atoms with Gasteiger partial charge in [-0.15, -0.1) is 0 Å². The molecular formula is C23H26FN3O2. The minimum atomic E-state index is -0.449. The van der Waals surface area contributed by atoms with Gasteiger partial charge in [-0.25, -0.2) is 9.37 Å². The first kappa shape index (κ1) is 20.7. The van der Waals surface area contributed by atoms with Gasteiger partial charge in [-0.05, 0) is 43.2 Å². The maximum Gasteiger partial charge on any atom is 0.261 e. The van der Waals surface area contributed by atoms with E-state index in [0.717, 1.165) is 12.8 Å². The van der Waals surface area contributed by atoms with E-state index in [9.17, 15) is 14.0 Å². The molecule has 5 nitrogen and oxygen atoms in total. The second-order valence-corrected chi connectivity index (χ2v) is 7.14. The summed E-state index contributed by atoms with van der Waals surface area (Å²) in [6.45, 7) is 4.52. The van der Waals surface area contributed by atoms with Crippen LogP contribution in [0, 0.1) is 5.82 Å². The third-order valence-corrected chi connectivity index (χ3v) is 5.16. The molecule has 1 heterocycles. The first-order chi connectivity index (χ1) is 14.0. The van der Waals surface area contributed by atoms with Gasteiger partial charge in [0, 0.05) is 19.2 Å². The number of halogens is 1. The number of hydrogen-bond acceptors (Lipinski definition) is 3. The number of para-hydroxylation sites is 1. The predicted octanol–water partition coefficient (Wildman–Crippen LogP) is 4.47. The van der Waals surface area contributed by atoms with E-state index in [0.29, 0.717) is 35.3 Å². The van der Waals surface area contributed by atoms with Crippen LogP contribution in [0.2, 0.25) is 0 Å². The fourth-order valence-corrected chi connectivity index (χ4v) is 3.59. The molecule has 0 aliphatic rings. The first-order valence-electron chi connectivity index (χ1n) is 10.00. The molecule has 1 amide bonds. The van der Waals surface area contributed by atoms with E-state index in [1.54, 1.807) is 30.1 Å². The van der Waals surface area contributed by atoms with E-state index in [1.807, 2.05) is 19.1 Å². The Labute approximate surface area is 169 Å². The topological polar surface area (TPSA) is 55.2 Å². The number of fused-ring (bicyclic) bond motifs is 1. The molecular weight excluding hydrogens is 369 g/mol. The molecule has 1 unspecified atom stereocenters. The normalized spacial score (nSPS) is 12.1. The summed E-state index contributed by atoms with van der Waals surface area (Å²) in [5.74, 6) is -0.167. The zero-order valence-electron chi connectivity index (χ0n) is 17.1. The highest BCUT2D eigenvalue weighted by atomic mass is 19.1. The lowest BCUT2D eigenvalue weighted by Gasteiger charge is -2.32. The SMILES string of the molecule is CCCCN(C(=O)c1cccc(F)c1)C(CC)c1nc2ccccc2c(=O)n1C. The van der Waals surface area contributed by atoms with Crippen molar-refractivity contribution in [1.82, 2.24) is 14.5 Å². The molecule has 0 aliphatic carbocycles. The summed E-state index contributed by atoms with van der Waals surface area (Å²) < 4.78 is 15.2. The van der Waals surface area contributed by atoms with E-state index in [1.165, 1.54) is 22.8 Å². The van der Waals surface area contributed by atoms with Crippen LogP contribution >= 0.6 is 0 Å². The minimum absolute atomic E-state index is 0.141. The van der Waals surface area contributed by atoms with E-state index < -0.39 is 5.82 Å². The number of amides is 1. The van der Waals surface area contributed by atoms with Crippen molar-refractivity contribution in [1.29, 1.82) is 0 Å². The van der Waals surface area contributed by atoms with E-state index >= 15 is 0 Å². The first-order valence-corrected chi connectivity index (χ1v) is 10.00. The standard InChI is InChI=1S/C23H26FN3O2/c1-4-6-14-27(22(28)16-10-9-11-17(24)15-16)20(5-2)21-25-19-13-8-7-12-18(19)23(29)26(21)3/h7-13,15,20H,4-6,14H2,1-3H3. The molecule has 0 radical (unpaired) electrons. The molecule has 0 saturated carbocycles. The zero-order chi connectivity index (χ0) is 21.0. The van der Waals surface area contributed by atoms with E-state index in [2.05, 4.69) is 6.92 Å². The summed E-state index contributed by atoms with van der Waals surface area (Å²) in [7, 11) is 1.68.